The molecule has 4 nitrogen and oxygen atoms in total. The second-order valence-corrected chi connectivity index (χ2v) is 4.71. The fourth-order valence-corrected chi connectivity index (χ4v) is 1.91. The van der Waals surface area contributed by atoms with Crippen LogP contribution in [0.3, 0.4) is 0 Å². The Bertz CT molecular complexity index is 204. The number of carbonyl (C=O) groups excluding carboxylic acids is 1. The molecule has 0 atom stereocenters. The van der Waals surface area contributed by atoms with Gasteiger partial charge in [-0.25, -0.2) is 5.84 Å². The SMILES string of the molecule is CCN(CCCCCC(=O)NN)CC1CC1. The van der Waals surface area contributed by atoms with Gasteiger partial charge in [0.05, 0.1) is 0 Å². The van der Waals surface area contributed by atoms with Crippen molar-refractivity contribution in [2.24, 2.45) is 11.8 Å². The summed E-state index contributed by atoms with van der Waals surface area (Å²) in [6.07, 6.45) is 6.67. The van der Waals surface area contributed by atoms with Crippen molar-refractivity contribution in [1.29, 1.82) is 0 Å². The third-order valence-corrected chi connectivity index (χ3v) is 3.20. The molecule has 0 aromatic heterocycles. The van der Waals surface area contributed by atoms with Gasteiger partial charge < -0.3 is 4.90 Å². The fourth-order valence-electron chi connectivity index (χ4n) is 1.91. The smallest absolute Gasteiger partial charge is 0.233 e. The molecule has 0 aliphatic heterocycles. The molecule has 0 aromatic rings. The average Bonchev–Trinajstić information content (AvgIpc) is 3.10. The van der Waals surface area contributed by atoms with Crippen molar-refractivity contribution in [3.8, 4) is 0 Å². The topological polar surface area (TPSA) is 58.4 Å². The van der Waals surface area contributed by atoms with Gasteiger partial charge in [0, 0.05) is 13.0 Å². The van der Waals surface area contributed by atoms with Crippen molar-refractivity contribution < 1.29 is 4.79 Å². The van der Waals surface area contributed by atoms with E-state index in [1.807, 2.05) is 0 Å². The first-order valence-corrected chi connectivity index (χ1v) is 6.48. The maximum absolute atomic E-state index is 10.9. The molecule has 4 heteroatoms. The molecule has 1 amide bonds. The lowest BCUT2D eigenvalue weighted by Crippen LogP contribution is -2.29. The molecule has 16 heavy (non-hydrogen) atoms. The first kappa shape index (κ1) is 13.5. The van der Waals surface area contributed by atoms with Crippen LogP contribution < -0.4 is 11.3 Å². The van der Waals surface area contributed by atoms with E-state index in [2.05, 4.69) is 17.2 Å². The molecule has 1 aliphatic carbocycles. The van der Waals surface area contributed by atoms with Gasteiger partial charge in [-0.05, 0) is 44.7 Å². The van der Waals surface area contributed by atoms with Gasteiger partial charge >= 0.3 is 0 Å². The van der Waals surface area contributed by atoms with Gasteiger partial charge in [-0.1, -0.05) is 13.3 Å². The number of hydrogen-bond acceptors (Lipinski definition) is 3. The molecular formula is C12H25N3O. The van der Waals surface area contributed by atoms with E-state index in [0.29, 0.717) is 6.42 Å². The van der Waals surface area contributed by atoms with Crippen LogP contribution in [0, 0.1) is 5.92 Å². The monoisotopic (exact) mass is 227 g/mol. The Kier molecular flexibility index (Phi) is 6.42. The number of unbranched alkanes of at least 4 members (excludes halogenated alkanes) is 2. The summed E-state index contributed by atoms with van der Waals surface area (Å²) in [5, 5.41) is 0. The molecule has 0 bridgehead atoms. The van der Waals surface area contributed by atoms with E-state index in [1.54, 1.807) is 0 Å². The lowest BCUT2D eigenvalue weighted by molar-refractivity contribution is -0.121. The summed E-state index contributed by atoms with van der Waals surface area (Å²) in [5.74, 6) is 5.93. The first-order valence-electron chi connectivity index (χ1n) is 6.48. The minimum atomic E-state index is -0.0506. The molecular weight excluding hydrogens is 202 g/mol. The van der Waals surface area contributed by atoms with Crippen molar-refractivity contribution in [1.82, 2.24) is 10.3 Å². The quantitative estimate of drug-likeness (QED) is 0.270. The highest BCUT2D eigenvalue weighted by molar-refractivity contribution is 5.74. The Morgan fingerprint density at radius 1 is 1.38 bits per heavy atom. The minimum Gasteiger partial charge on any atom is -0.303 e. The second kappa shape index (κ2) is 7.63. The Labute approximate surface area is 98.5 Å². The molecule has 0 saturated heterocycles. The zero-order valence-corrected chi connectivity index (χ0v) is 10.4. The number of rotatable bonds is 9. The lowest BCUT2D eigenvalue weighted by atomic mass is 10.2. The van der Waals surface area contributed by atoms with Crippen molar-refractivity contribution >= 4 is 5.91 Å². The van der Waals surface area contributed by atoms with Crippen molar-refractivity contribution in [3.05, 3.63) is 0 Å². The summed E-state index contributed by atoms with van der Waals surface area (Å²) in [5.41, 5.74) is 2.16. The summed E-state index contributed by atoms with van der Waals surface area (Å²) in [7, 11) is 0. The van der Waals surface area contributed by atoms with E-state index in [0.717, 1.165) is 25.3 Å². The highest BCUT2D eigenvalue weighted by atomic mass is 16.2. The van der Waals surface area contributed by atoms with Gasteiger partial charge in [0.2, 0.25) is 5.91 Å². The van der Waals surface area contributed by atoms with Gasteiger partial charge in [-0.15, -0.1) is 0 Å². The van der Waals surface area contributed by atoms with Gasteiger partial charge in [0.15, 0.2) is 0 Å². The Balaban J connectivity index is 1.93. The zero-order chi connectivity index (χ0) is 11.8. The van der Waals surface area contributed by atoms with Crippen molar-refractivity contribution in [2.45, 2.75) is 45.4 Å². The van der Waals surface area contributed by atoms with Crippen LogP contribution in [0.1, 0.15) is 45.4 Å². The van der Waals surface area contributed by atoms with Crippen LogP contribution in [0.4, 0.5) is 0 Å². The molecule has 0 aromatic carbocycles. The predicted molar refractivity (Wildman–Crippen MR) is 65.6 cm³/mol. The van der Waals surface area contributed by atoms with Crippen molar-refractivity contribution in [3.63, 3.8) is 0 Å². The third-order valence-electron chi connectivity index (χ3n) is 3.20. The zero-order valence-electron chi connectivity index (χ0n) is 10.4. The molecule has 0 spiro atoms. The van der Waals surface area contributed by atoms with Gasteiger partial charge in [-0.2, -0.15) is 0 Å². The van der Waals surface area contributed by atoms with E-state index >= 15 is 0 Å². The van der Waals surface area contributed by atoms with Gasteiger partial charge in [0.1, 0.15) is 0 Å². The average molecular weight is 227 g/mol. The predicted octanol–water partition coefficient (Wildman–Crippen LogP) is 1.27. The number of hydrogen-bond donors (Lipinski definition) is 2. The molecule has 0 heterocycles. The van der Waals surface area contributed by atoms with Crippen molar-refractivity contribution in [2.75, 3.05) is 19.6 Å². The number of carbonyl (C=O) groups is 1. The summed E-state index contributed by atoms with van der Waals surface area (Å²) >= 11 is 0. The fraction of sp³-hybridized carbons (Fsp3) is 0.917. The van der Waals surface area contributed by atoms with Crippen LogP contribution in [-0.2, 0) is 4.79 Å². The van der Waals surface area contributed by atoms with Gasteiger partial charge in [-0.3, -0.25) is 10.2 Å². The highest BCUT2D eigenvalue weighted by Gasteiger charge is 2.23. The van der Waals surface area contributed by atoms with Gasteiger partial charge in [0.25, 0.3) is 0 Å². The first-order chi connectivity index (χ1) is 7.76. The van der Waals surface area contributed by atoms with E-state index in [1.165, 1.54) is 32.4 Å². The Hall–Kier alpha value is -0.610. The Morgan fingerprint density at radius 3 is 2.69 bits per heavy atom. The summed E-state index contributed by atoms with van der Waals surface area (Å²) in [6.45, 7) is 5.83. The molecule has 3 N–H and O–H groups in total. The van der Waals surface area contributed by atoms with Crippen LogP contribution in [0.2, 0.25) is 0 Å². The molecule has 94 valence electrons. The maximum atomic E-state index is 10.9. The van der Waals surface area contributed by atoms with Crippen LogP contribution in [0.15, 0.2) is 0 Å². The third kappa shape index (κ3) is 6.08. The number of amides is 1. The van der Waals surface area contributed by atoms with E-state index in [9.17, 15) is 4.79 Å². The maximum Gasteiger partial charge on any atom is 0.233 e. The standard InChI is InChI=1S/C12H25N3O/c1-2-15(10-11-7-8-11)9-5-3-4-6-12(16)14-13/h11H,2-10,13H2,1H3,(H,14,16). The second-order valence-electron chi connectivity index (χ2n) is 4.71. The number of hydrazine groups is 1. The normalized spacial score (nSPS) is 15.4. The number of nitrogens with zero attached hydrogens (tertiary/aromatic N) is 1. The Morgan fingerprint density at radius 2 is 2.12 bits per heavy atom. The van der Waals surface area contributed by atoms with E-state index in [-0.39, 0.29) is 5.91 Å². The van der Waals surface area contributed by atoms with Crippen LogP contribution in [0.25, 0.3) is 0 Å². The minimum absolute atomic E-state index is 0.0506. The lowest BCUT2D eigenvalue weighted by Gasteiger charge is -2.19. The molecule has 1 aliphatic rings. The molecule has 0 unspecified atom stereocenters. The summed E-state index contributed by atoms with van der Waals surface area (Å²) in [6, 6.07) is 0. The largest absolute Gasteiger partial charge is 0.303 e. The van der Waals surface area contributed by atoms with E-state index in [4.69, 9.17) is 5.84 Å². The van der Waals surface area contributed by atoms with Crippen LogP contribution >= 0.6 is 0 Å². The van der Waals surface area contributed by atoms with E-state index < -0.39 is 0 Å². The number of nitrogens with two attached hydrogens (primary N) is 1. The highest BCUT2D eigenvalue weighted by Crippen LogP contribution is 2.29. The molecule has 1 saturated carbocycles. The molecule has 1 rings (SSSR count). The summed E-state index contributed by atoms with van der Waals surface area (Å²) in [4.78, 5) is 13.4. The molecule has 1 fully saturated rings. The summed E-state index contributed by atoms with van der Waals surface area (Å²) < 4.78 is 0. The number of nitrogens with one attached hydrogen (secondary N) is 1. The molecule has 0 radical (unpaired) electrons. The van der Waals surface area contributed by atoms with Crippen LogP contribution in [-0.4, -0.2) is 30.4 Å². The van der Waals surface area contributed by atoms with Crippen LogP contribution in [0.5, 0.6) is 0 Å².